The molecule has 2 heterocycles. The van der Waals surface area contributed by atoms with Gasteiger partial charge in [-0.1, -0.05) is 12.1 Å². The Morgan fingerprint density at radius 3 is 2.21 bits per heavy atom. The molecule has 0 aliphatic rings. The van der Waals surface area contributed by atoms with E-state index in [1.54, 1.807) is 31.2 Å². The highest BCUT2D eigenvalue weighted by atomic mass is 19.1. The standard InChI is InChI=1S/C20H17FN4O4/c1-10-22-17-12-6-5-7-13(21)16(12)23-24-18(17)20(26)25(10)11-8-14(27-2)19(29-4)15(9-11)28-3/h5-9H,1-4H3. The molecule has 9 heteroatoms. The van der Waals surface area contributed by atoms with E-state index in [9.17, 15) is 9.18 Å². The van der Waals surface area contributed by atoms with Crippen LogP contribution in [0.3, 0.4) is 0 Å². The first-order valence-electron chi connectivity index (χ1n) is 8.64. The van der Waals surface area contributed by atoms with Crippen LogP contribution in [-0.4, -0.2) is 41.1 Å². The molecule has 2 aromatic heterocycles. The predicted molar refractivity (Wildman–Crippen MR) is 105 cm³/mol. The smallest absolute Gasteiger partial charge is 0.286 e. The first-order chi connectivity index (χ1) is 14.0. The summed E-state index contributed by atoms with van der Waals surface area (Å²) in [5.41, 5.74) is 0.401. The molecule has 0 unspecified atom stereocenters. The first-order valence-corrected chi connectivity index (χ1v) is 8.64. The van der Waals surface area contributed by atoms with E-state index in [0.29, 0.717) is 39.7 Å². The lowest BCUT2D eigenvalue weighted by Gasteiger charge is -2.16. The van der Waals surface area contributed by atoms with Gasteiger partial charge in [-0.15, -0.1) is 10.2 Å². The normalized spacial score (nSPS) is 11.1. The van der Waals surface area contributed by atoms with E-state index in [1.807, 2.05) is 0 Å². The molecule has 0 atom stereocenters. The summed E-state index contributed by atoms with van der Waals surface area (Å²) in [5, 5.41) is 8.25. The molecule has 0 radical (unpaired) electrons. The second-order valence-electron chi connectivity index (χ2n) is 6.22. The zero-order valence-electron chi connectivity index (χ0n) is 16.2. The number of benzene rings is 2. The van der Waals surface area contributed by atoms with E-state index in [2.05, 4.69) is 15.2 Å². The monoisotopic (exact) mass is 396 g/mol. The highest BCUT2D eigenvalue weighted by Gasteiger charge is 2.19. The van der Waals surface area contributed by atoms with Crippen LogP contribution in [0.25, 0.3) is 27.6 Å². The van der Waals surface area contributed by atoms with Gasteiger partial charge in [-0.25, -0.2) is 9.37 Å². The van der Waals surface area contributed by atoms with E-state index in [0.717, 1.165) is 0 Å². The largest absolute Gasteiger partial charge is 0.493 e. The summed E-state index contributed by atoms with van der Waals surface area (Å²) in [6.45, 7) is 1.68. The minimum atomic E-state index is -0.523. The fraction of sp³-hybridized carbons (Fsp3) is 0.200. The van der Waals surface area contributed by atoms with Crippen LogP contribution in [0.15, 0.2) is 35.1 Å². The lowest BCUT2D eigenvalue weighted by atomic mass is 10.2. The molecule has 2 aromatic carbocycles. The summed E-state index contributed by atoms with van der Waals surface area (Å²) in [7, 11) is 4.47. The zero-order chi connectivity index (χ0) is 20.7. The Hall–Kier alpha value is -3.75. The molecule has 4 rings (SSSR count). The number of fused-ring (bicyclic) bond motifs is 3. The highest BCUT2D eigenvalue weighted by molar-refractivity contribution is 6.00. The quantitative estimate of drug-likeness (QED) is 0.490. The minimum absolute atomic E-state index is 0.0300. The van der Waals surface area contributed by atoms with E-state index >= 15 is 0 Å². The molecule has 0 saturated heterocycles. The Balaban J connectivity index is 2.06. The molecule has 0 bridgehead atoms. The molecule has 0 N–H and O–H groups in total. The molecule has 148 valence electrons. The van der Waals surface area contributed by atoms with Crippen LogP contribution in [0.4, 0.5) is 4.39 Å². The van der Waals surface area contributed by atoms with Gasteiger partial charge in [0.1, 0.15) is 16.9 Å². The third-order valence-corrected chi connectivity index (χ3v) is 4.63. The number of aryl methyl sites for hydroxylation is 1. The van der Waals surface area contributed by atoms with Crippen LogP contribution in [0.5, 0.6) is 17.2 Å². The number of hydrogen-bond acceptors (Lipinski definition) is 7. The number of ether oxygens (including phenoxy) is 3. The van der Waals surface area contributed by atoms with Gasteiger partial charge < -0.3 is 14.2 Å². The Kier molecular flexibility index (Phi) is 4.50. The van der Waals surface area contributed by atoms with Gasteiger partial charge in [-0.3, -0.25) is 9.36 Å². The Morgan fingerprint density at radius 1 is 0.931 bits per heavy atom. The SMILES string of the molecule is COc1cc(-n2c(C)nc3c(nnc4c(F)cccc43)c2=O)cc(OC)c1OC. The van der Waals surface area contributed by atoms with Crippen molar-refractivity contribution in [3.8, 4) is 22.9 Å². The van der Waals surface area contributed by atoms with Crippen molar-refractivity contribution >= 4 is 21.9 Å². The van der Waals surface area contributed by atoms with Gasteiger partial charge in [-0.2, -0.15) is 0 Å². The third-order valence-electron chi connectivity index (χ3n) is 4.63. The van der Waals surface area contributed by atoms with E-state index in [-0.39, 0.29) is 11.0 Å². The molecule has 0 saturated carbocycles. The fourth-order valence-electron chi connectivity index (χ4n) is 3.31. The lowest BCUT2D eigenvalue weighted by Crippen LogP contribution is -2.23. The molecule has 0 spiro atoms. The van der Waals surface area contributed by atoms with E-state index in [4.69, 9.17) is 14.2 Å². The number of halogens is 1. The van der Waals surface area contributed by atoms with E-state index < -0.39 is 11.4 Å². The van der Waals surface area contributed by atoms with Crippen LogP contribution in [0.1, 0.15) is 5.82 Å². The Bertz CT molecular complexity index is 1290. The second-order valence-corrected chi connectivity index (χ2v) is 6.22. The van der Waals surface area contributed by atoms with Gasteiger partial charge >= 0.3 is 0 Å². The van der Waals surface area contributed by atoms with E-state index in [1.165, 1.54) is 32.0 Å². The molecule has 29 heavy (non-hydrogen) atoms. The molecule has 0 aliphatic carbocycles. The number of methoxy groups -OCH3 is 3. The molecular formula is C20H17FN4O4. The number of hydrogen-bond donors (Lipinski definition) is 0. The maximum Gasteiger partial charge on any atom is 0.286 e. The summed E-state index contributed by atoms with van der Waals surface area (Å²) in [4.78, 5) is 17.8. The van der Waals surface area contributed by atoms with Crippen molar-refractivity contribution in [2.24, 2.45) is 0 Å². The Labute approximate surface area is 164 Å². The van der Waals surface area contributed by atoms with Crippen LogP contribution >= 0.6 is 0 Å². The summed E-state index contributed by atoms with van der Waals surface area (Å²) in [6, 6.07) is 7.76. The zero-order valence-corrected chi connectivity index (χ0v) is 16.2. The van der Waals surface area contributed by atoms with Crippen molar-refractivity contribution in [1.82, 2.24) is 19.7 Å². The van der Waals surface area contributed by atoms with Gasteiger partial charge in [-0.05, 0) is 13.0 Å². The van der Waals surface area contributed by atoms with Gasteiger partial charge in [0.05, 0.1) is 27.0 Å². The average Bonchev–Trinajstić information content (AvgIpc) is 2.73. The maximum atomic E-state index is 14.0. The first kappa shape index (κ1) is 18.6. The molecule has 0 fully saturated rings. The van der Waals surface area contributed by atoms with Crippen LogP contribution in [0, 0.1) is 12.7 Å². The summed E-state index contributed by atoms with van der Waals surface area (Å²) < 4.78 is 31.5. The maximum absolute atomic E-state index is 14.0. The highest BCUT2D eigenvalue weighted by Crippen LogP contribution is 2.39. The minimum Gasteiger partial charge on any atom is -0.493 e. The summed E-state index contributed by atoms with van der Waals surface area (Å²) in [6.07, 6.45) is 0. The van der Waals surface area contributed by atoms with Crippen molar-refractivity contribution in [2.75, 3.05) is 21.3 Å². The molecular weight excluding hydrogens is 379 g/mol. The molecule has 0 amide bonds. The second kappa shape index (κ2) is 7.01. The van der Waals surface area contributed by atoms with Crippen molar-refractivity contribution in [1.29, 1.82) is 0 Å². The lowest BCUT2D eigenvalue weighted by molar-refractivity contribution is 0.324. The number of rotatable bonds is 4. The molecule has 0 aliphatic heterocycles. The van der Waals surface area contributed by atoms with Gasteiger partial charge in [0.2, 0.25) is 5.75 Å². The topological polar surface area (TPSA) is 88.4 Å². The van der Waals surface area contributed by atoms with Crippen molar-refractivity contribution < 1.29 is 18.6 Å². The molecule has 8 nitrogen and oxygen atoms in total. The summed E-state index contributed by atoms with van der Waals surface area (Å²) in [5.74, 6) is 1.04. The van der Waals surface area contributed by atoms with Gasteiger partial charge in [0.15, 0.2) is 22.8 Å². The fourth-order valence-corrected chi connectivity index (χ4v) is 3.31. The van der Waals surface area contributed by atoms with Gasteiger partial charge in [0.25, 0.3) is 5.56 Å². The van der Waals surface area contributed by atoms with Crippen LogP contribution in [-0.2, 0) is 0 Å². The number of nitrogens with zero attached hydrogens (tertiary/aromatic N) is 4. The van der Waals surface area contributed by atoms with Gasteiger partial charge in [0, 0.05) is 17.5 Å². The molecule has 4 aromatic rings. The predicted octanol–water partition coefficient (Wildman–Crippen LogP) is 2.80. The summed E-state index contributed by atoms with van der Waals surface area (Å²) >= 11 is 0. The van der Waals surface area contributed by atoms with Crippen LogP contribution in [0.2, 0.25) is 0 Å². The van der Waals surface area contributed by atoms with Crippen LogP contribution < -0.4 is 19.8 Å². The average molecular weight is 396 g/mol. The third kappa shape index (κ3) is 2.82. The van der Waals surface area contributed by atoms with Crippen molar-refractivity contribution in [3.05, 3.63) is 52.3 Å². The number of aromatic nitrogens is 4. The Morgan fingerprint density at radius 2 is 1.59 bits per heavy atom. The van der Waals surface area contributed by atoms with Crippen molar-refractivity contribution in [3.63, 3.8) is 0 Å². The van der Waals surface area contributed by atoms with Crippen molar-refractivity contribution in [2.45, 2.75) is 6.92 Å².